The SMILES string of the molecule is CCOc1cccc(CN2C(=O)CCC2C#N)c1. The maximum absolute atomic E-state index is 11.7. The van der Waals surface area contributed by atoms with Gasteiger partial charge in [0.1, 0.15) is 11.8 Å². The summed E-state index contributed by atoms with van der Waals surface area (Å²) in [5.41, 5.74) is 0.997. The van der Waals surface area contributed by atoms with Crippen LogP contribution in [0.4, 0.5) is 0 Å². The Morgan fingerprint density at radius 2 is 2.39 bits per heavy atom. The van der Waals surface area contributed by atoms with Crippen molar-refractivity contribution in [2.45, 2.75) is 32.4 Å². The number of rotatable bonds is 4. The van der Waals surface area contributed by atoms with Gasteiger partial charge in [0.25, 0.3) is 0 Å². The van der Waals surface area contributed by atoms with Crippen LogP contribution in [-0.2, 0) is 11.3 Å². The molecule has 4 nitrogen and oxygen atoms in total. The summed E-state index contributed by atoms with van der Waals surface area (Å²) >= 11 is 0. The molecule has 1 aromatic rings. The molecule has 94 valence electrons. The van der Waals surface area contributed by atoms with Gasteiger partial charge in [0.05, 0.1) is 12.7 Å². The number of benzene rings is 1. The van der Waals surface area contributed by atoms with Crippen LogP contribution in [-0.4, -0.2) is 23.5 Å². The van der Waals surface area contributed by atoms with Gasteiger partial charge in [-0.1, -0.05) is 12.1 Å². The highest BCUT2D eigenvalue weighted by Crippen LogP contribution is 2.22. The average molecular weight is 244 g/mol. The molecule has 0 aromatic heterocycles. The second-order valence-electron chi connectivity index (χ2n) is 4.29. The van der Waals surface area contributed by atoms with Crippen LogP contribution >= 0.6 is 0 Å². The number of hydrogen-bond acceptors (Lipinski definition) is 3. The number of carbonyl (C=O) groups is 1. The number of nitriles is 1. The summed E-state index contributed by atoms with van der Waals surface area (Å²) in [5, 5.41) is 9.00. The zero-order chi connectivity index (χ0) is 13.0. The molecule has 1 atom stereocenters. The van der Waals surface area contributed by atoms with Crippen molar-refractivity contribution in [3.63, 3.8) is 0 Å². The molecule has 1 amide bonds. The van der Waals surface area contributed by atoms with Crippen LogP contribution in [0.3, 0.4) is 0 Å². The standard InChI is InChI=1S/C14H16N2O2/c1-2-18-13-5-3-4-11(8-13)10-16-12(9-15)6-7-14(16)17/h3-5,8,12H,2,6-7,10H2,1H3. The van der Waals surface area contributed by atoms with Gasteiger partial charge in [-0.15, -0.1) is 0 Å². The van der Waals surface area contributed by atoms with Crippen molar-refractivity contribution in [3.05, 3.63) is 29.8 Å². The van der Waals surface area contributed by atoms with Crippen molar-refractivity contribution in [2.24, 2.45) is 0 Å². The summed E-state index contributed by atoms with van der Waals surface area (Å²) in [6, 6.07) is 9.56. The molecular formula is C14H16N2O2. The normalized spacial score (nSPS) is 18.8. The van der Waals surface area contributed by atoms with Crippen LogP contribution in [0, 0.1) is 11.3 Å². The van der Waals surface area contributed by atoms with Crippen LogP contribution in [0.5, 0.6) is 5.75 Å². The third-order valence-electron chi connectivity index (χ3n) is 3.04. The van der Waals surface area contributed by atoms with E-state index < -0.39 is 0 Å². The summed E-state index contributed by atoms with van der Waals surface area (Å²) in [7, 11) is 0. The van der Waals surface area contributed by atoms with Gasteiger partial charge in [0.2, 0.25) is 5.91 Å². The Hall–Kier alpha value is -2.02. The summed E-state index contributed by atoms with van der Waals surface area (Å²) in [6.45, 7) is 3.03. The van der Waals surface area contributed by atoms with E-state index >= 15 is 0 Å². The van der Waals surface area contributed by atoms with E-state index in [1.807, 2.05) is 31.2 Å². The first-order valence-corrected chi connectivity index (χ1v) is 6.15. The predicted octanol–water partition coefficient (Wildman–Crippen LogP) is 2.10. The van der Waals surface area contributed by atoms with Crippen molar-refractivity contribution in [3.8, 4) is 11.8 Å². The smallest absolute Gasteiger partial charge is 0.224 e. The second kappa shape index (κ2) is 5.54. The van der Waals surface area contributed by atoms with Gasteiger partial charge in [-0.05, 0) is 31.0 Å². The third-order valence-corrected chi connectivity index (χ3v) is 3.04. The lowest BCUT2D eigenvalue weighted by Crippen LogP contribution is -2.31. The van der Waals surface area contributed by atoms with E-state index in [1.165, 1.54) is 0 Å². The van der Waals surface area contributed by atoms with E-state index in [9.17, 15) is 4.79 Å². The first kappa shape index (κ1) is 12.4. The molecule has 0 N–H and O–H groups in total. The van der Waals surface area contributed by atoms with Gasteiger partial charge in [-0.3, -0.25) is 4.79 Å². The number of hydrogen-bond donors (Lipinski definition) is 0. The van der Waals surface area contributed by atoms with Crippen molar-refractivity contribution in [1.82, 2.24) is 4.90 Å². The summed E-state index contributed by atoms with van der Waals surface area (Å²) < 4.78 is 5.42. The first-order valence-electron chi connectivity index (χ1n) is 6.15. The third kappa shape index (κ3) is 2.62. The minimum absolute atomic E-state index is 0.0587. The van der Waals surface area contributed by atoms with Crippen LogP contribution in [0.2, 0.25) is 0 Å². The van der Waals surface area contributed by atoms with E-state index in [-0.39, 0.29) is 11.9 Å². The Kier molecular flexibility index (Phi) is 3.83. The molecular weight excluding hydrogens is 228 g/mol. The van der Waals surface area contributed by atoms with Crippen LogP contribution in [0.15, 0.2) is 24.3 Å². The van der Waals surface area contributed by atoms with Crippen LogP contribution in [0.25, 0.3) is 0 Å². The average Bonchev–Trinajstić information content (AvgIpc) is 2.72. The minimum Gasteiger partial charge on any atom is -0.494 e. The predicted molar refractivity (Wildman–Crippen MR) is 66.8 cm³/mol. The van der Waals surface area contributed by atoms with Crippen LogP contribution in [0.1, 0.15) is 25.3 Å². The van der Waals surface area contributed by atoms with Crippen molar-refractivity contribution in [2.75, 3.05) is 6.61 Å². The molecule has 18 heavy (non-hydrogen) atoms. The summed E-state index contributed by atoms with van der Waals surface area (Å²) in [4.78, 5) is 13.3. The van der Waals surface area contributed by atoms with Crippen molar-refractivity contribution < 1.29 is 9.53 Å². The maximum atomic E-state index is 11.7. The number of carbonyl (C=O) groups excluding carboxylic acids is 1. The second-order valence-corrected chi connectivity index (χ2v) is 4.29. The Morgan fingerprint density at radius 3 is 3.11 bits per heavy atom. The van der Waals surface area contributed by atoms with Gasteiger partial charge in [-0.25, -0.2) is 0 Å². The summed E-state index contributed by atoms with van der Waals surface area (Å²) in [6.07, 6.45) is 1.11. The van der Waals surface area contributed by atoms with E-state index in [4.69, 9.17) is 10.00 Å². The Bertz CT molecular complexity index is 479. The lowest BCUT2D eigenvalue weighted by atomic mass is 10.2. The Morgan fingerprint density at radius 1 is 1.56 bits per heavy atom. The van der Waals surface area contributed by atoms with Crippen molar-refractivity contribution >= 4 is 5.91 Å². The van der Waals surface area contributed by atoms with Gasteiger partial charge >= 0.3 is 0 Å². The van der Waals surface area contributed by atoms with Gasteiger partial charge in [0.15, 0.2) is 0 Å². The molecule has 2 rings (SSSR count). The molecule has 1 aromatic carbocycles. The molecule has 0 saturated carbocycles. The molecule has 1 heterocycles. The first-order chi connectivity index (χ1) is 8.74. The molecule has 4 heteroatoms. The molecule has 1 saturated heterocycles. The monoisotopic (exact) mass is 244 g/mol. The zero-order valence-corrected chi connectivity index (χ0v) is 10.4. The van der Waals surface area contributed by atoms with E-state index in [2.05, 4.69) is 6.07 Å². The zero-order valence-electron chi connectivity index (χ0n) is 10.4. The van der Waals surface area contributed by atoms with Crippen molar-refractivity contribution in [1.29, 1.82) is 5.26 Å². The highest BCUT2D eigenvalue weighted by atomic mass is 16.5. The Labute approximate surface area is 107 Å². The van der Waals surface area contributed by atoms with E-state index in [0.717, 1.165) is 11.3 Å². The fraction of sp³-hybridized carbons (Fsp3) is 0.429. The lowest BCUT2D eigenvalue weighted by Gasteiger charge is -2.20. The molecule has 0 aliphatic carbocycles. The van der Waals surface area contributed by atoms with E-state index in [0.29, 0.717) is 26.0 Å². The molecule has 1 fully saturated rings. The quantitative estimate of drug-likeness (QED) is 0.815. The fourth-order valence-electron chi connectivity index (χ4n) is 2.16. The molecule has 1 unspecified atom stereocenters. The maximum Gasteiger partial charge on any atom is 0.224 e. The topological polar surface area (TPSA) is 53.3 Å². The molecule has 0 bridgehead atoms. The number of amides is 1. The van der Waals surface area contributed by atoms with Gasteiger partial charge in [-0.2, -0.15) is 5.26 Å². The number of nitrogens with zero attached hydrogens (tertiary/aromatic N) is 2. The number of likely N-dealkylation sites (tertiary alicyclic amines) is 1. The lowest BCUT2D eigenvalue weighted by molar-refractivity contribution is -0.128. The Balaban J connectivity index is 2.11. The van der Waals surface area contributed by atoms with Gasteiger partial charge in [0, 0.05) is 13.0 Å². The number of ether oxygens (including phenoxy) is 1. The molecule has 1 aliphatic rings. The van der Waals surface area contributed by atoms with Gasteiger partial charge < -0.3 is 9.64 Å². The highest BCUT2D eigenvalue weighted by molar-refractivity contribution is 5.79. The highest BCUT2D eigenvalue weighted by Gasteiger charge is 2.30. The van der Waals surface area contributed by atoms with E-state index in [1.54, 1.807) is 4.90 Å². The summed E-state index contributed by atoms with van der Waals surface area (Å²) in [5.74, 6) is 0.860. The minimum atomic E-state index is -0.284. The fourth-order valence-corrected chi connectivity index (χ4v) is 2.16. The molecule has 1 aliphatic heterocycles. The molecule has 0 spiro atoms. The molecule has 0 radical (unpaired) electrons. The largest absolute Gasteiger partial charge is 0.494 e. The van der Waals surface area contributed by atoms with Crippen LogP contribution < -0.4 is 4.74 Å².